The summed E-state index contributed by atoms with van der Waals surface area (Å²) >= 11 is 0. The zero-order valence-corrected chi connectivity index (χ0v) is 11.4. The molecule has 2 nitrogen and oxygen atoms in total. The Labute approximate surface area is 102 Å². The monoisotopic (exact) mass is 243 g/mol. The van der Waals surface area contributed by atoms with Gasteiger partial charge in [0.15, 0.2) is 0 Å². The van der Waals surface area contributed by atoms with Crippen molar-refractivity contribution in [1.29, 1.82) is 0 Å². The Bertz CT molecular complexity index is 250. The van der Waals surface area contributed by atoms with Gasteiger partial charge in [-0.25, -0.2) is 0 Å². The topological polar surface area (TPSA) is 29.1 Å². The van der Waals surface area contributed by atoms with Gasteiger partial charge in [-0.05, 0) is 45.1 Å². The molecule has 2 aliphatic carbocycles. The van der Waals surface area contributed by atoms with E-state index in [1.165, 1.54) is 38.5 Å². The quantitative estimate of drug-likeness (QED) is 0.825. The maximum Gasteiger partial charge on any atom is 0.0506 e. The van der Waals surface area contributed by atoms with Crippen molar-refractivity contribution >= 4 is 10.8 Å². The van der Waals surface area contributed by atoms with Gasteiger partial charge in [0.05, 0.1) is 5.25 Å². The molecule has 2 rings (SSSR count). The van der Waals surface area contributed by atoms with Crippen LogP contribution in [0.3, 0.4) is 0 Å². The molecule has 0 amide bonds. The zero-order valence-electron chi connectivity index (χ0n) is 10.6. The van der Waals surface area contributed by atoms with Gasteiger partial charge in [0.2, 0.25) is 0 Å². The summed E-state index contributed by atoms with van der Waals surface area (Å²) in [6.45, 7) is 2.31. The Morgan fingerprint density at radius 2 is 1.81 bits per heavy atom. The highest BCUT2D eigenvalue weighted by atomic mass is 32.2. The van der Waals surface area contributed by atoms with Gasteiger partial charge >= 0.3 is 0 Å². The van der Waals surface area contributed by atoms with Crippen LogP contribution in [0.2, 0.25) is 0 Å². The van der Waals surface area contributed by atoms with Crippen LogP contribution >= 0.6 is 0 Å². The Balaban J connectivity index is 2.00. The zero-order chi connectivity index (χ0) is 11.5. The molecule has 94 valence electrons. The summed E-state index contributed by atoms with van der Waals surface area (Å²) in [5.74, 6) is 0.764. The van der Waals surface area contributed by atoms with E-state index in [4.69, 9.17) is 0 Å². The highest BCUT2D eigenvalue weighted by molar-refractivity contribution is 7.86. The van der Waals surface area contributed by atoms with Crippen LogP contribution in [0.25, 0.3) is 0 Å². The Morgan fingerprint density at radius 1 is 1.12 bits per heavy atom. The molecule has 2 saturated carbocycles. The summed E-state index contributed by atoms with van der Waals surface area (Å²) in [5.41, 5.74) is 0. The van der Waals surface area contributed by atoms with Gasteiger partial charge in [0, 0.05) is 22.1 Å². The number of rotatable bonds is 3. The minimum Gasteiger partial charge on any atom is -0.316 e. The van der Waals surface area contributed by atoms with Gasteiger partial charge in [0.25, 0.3) is 0 Å². The average molecular weight is 243 g/mol. The molecule has 0 saturated heterocycles. The lowest BCUT2D eigenvalue weighted by atomic mass is 9.87. The summed E-state index contributed by atoms with van der Waals surface area (Å²) in [5, 5.41) is 4.31. The van der Waals surface area contributed by atoms with Crippen LogP contribution in [-0.4, -0.2) is 27.8 Å². The second-order valence-corrected chi connectivity index (χ2v) is 7.52. The van der Waals surface area contributed by atoms with E-state index in [-0.39, 0.29) is 0 Å². The first-order chi connectivity index (χ1) is 7.72. The second kappa shape index (κ2) is 5.63. The van der Waals surface area contributed by atoms with Gasteiger partial charge < -0.3 is 5.32 Å². The first kappa shape index (κ1) is 12.6. The van der Waals surface area contributed by atoms with Crippen LogP contribution in [0.4, 0.5) is 0 Å². The van der Waals surface area contributed by atoms with Crippen molar-refractivity contribution in [3.63, 3.8) is 0 Å². The van der Waals surface area contributed by atoms with E-state index >= 15 is 0 Å². The fourth-order valence-electron chi connectivity index (χ4n) is 3.28. The minimum absolute atomic E-state index is 0.414. The second-order valence-electron chi connectivity index (χ2n) is 5.59. The van der Waals surface area contributed by atoms with Crippen molar-refractivity contribution in [3.05, 3.63) is 0 Å². The minimum atomic E-state index is -0.595. The van der Waals surface area contributed by atoms with Crippen LogP contribution in [0.1, 0.15) is 51.9 Å². The number of hydrogen-bond acceptors (Lipinski definition) is 2. The van der Waals surface area contributed by atoms with Gasteiger partial charge in [-0.3, -0.25) is 4.21 Å². The average Bonchev–Trinajstić information content (AvgIpc) is 2.81. The van der Waals surface area contributed by atoms with E-state index in [1.807, 2.05) is 7.05 Å². The van der Waals surface area contributed by atoms with E-state index in [0.717, 1.165) is 12.3 Å². The molecule has 16 heavy (non-hydrogen) atoms. The summed E-state index contributed by atoms with van der Waals surface area (Å²) in [6, 6.07) is 0.498. The molecule has 0 aromatic rings. The third-order valence-electron chi connectivity index (χ3n) is 4.35. The van der Waals surface area contributed by atoms with Crippen LogP contribution in [0, 0.1) is 5.92 Å². The third-order valence-corrected chi connectivity index (χ3v) is 6.60. The number of hydrogen-bond donors (Lipinski definition) is 1. The summed E-state index contributed by atoms with van der Waals surface area (Å²) in [4.78, 5) is 0. The van der Waals surface area contributed by atoms with Crippen molar-refractivity contribution in [1.82, 2.24) is 5.32 Å². The van der Waals surface area contributed by atoms with Crippen LogP contribution in [-0.2, 0) is 10.8 Å². The highest BCUT2D eigenvalue weighted by Gasteiger charge is 2.36. The van der Waals surface area contributed by atoms with Crippen LogP contribution < -0.4 is 5.32 Å². The fraction of sp³-hybridized carbons (Fsp3) is 1.00. The third kappa shape index (κ3) is 2.67. The summed E-state index contributed by atoms with van der Waals surface area (Å²) in [6.07, 6.45) is 8.66. The van der Waals surface area contributed by atoms with Crippen LogP contribution in [0.5, 0.6) is 0 Å². The van der Waals surface area contributed by atoms with Crippen molar-refractivity contribution in [2.24, 2.45) is 5.92 Å². The first-order valence-corrected chi connectivity index (χ1v) is 8.06. The number of nitrogens with one attached hydrogen (secondary N) is 1. The van der Waals surface area contributed by atoms with Gasteiger partial charge in [-0.15, -0.1) is 0 Å². The SMILES string of the molecule is CNC1CCC(C)CC1S(=O)C1CCCC1. The van der Waals surface area contributed by atoms with E-state index < -0.39 is 10.8 Å². The fourth-order valence-corrected chi connectivity index (χ4v) is 5.69. The van der Waals surface area contributed by atoms with Crippen LogP contribution in [0.15, 0.2) is 0 Å². The van der Waals surface area contributed by atoms with Crippen molar-refractivity contribution in [2.45, 2.75) is 68.4 Å². The maximum absolute atomic E-state index is 12.6. The molecule has 0 spiro atoms. The highest BCUT2D eigenvalue weighted by Crippen LogP contribution is 2.32. The van der Waals surface area contributed by atoms with E-state index in [1.54, 1.807) is 0 Å². The molecule has 4 unspecified atom stereocenters. The smallest absolute Gasteiger partial charge is 0.0506 e. The standard InChI is InChI=1S/C13H25NOS/c1-10-7-8-12(14-2)13(9-10)16(15)11-5-3-4-6-11/h10-14H,3-9H2,1-2H3. The molecule has 2 aliphatic rings. The van der Waals surface area contributed by atoms with E-state index in [2.05, 4.69) is 12.2 Å². The molecular formula is C13H25NOS. The van der Waals surface area contributed by atoms with Gasteiger partial charge in [-0.1, -0.05) is 19.8 Å². The van der Waals surface area contributed by atoms with Crippen molar-refractivity contribution < 1.29 is 4.21 Å². The Morgan fingerprint density at radius 3 is 2.44 bits per heavy atom. The molecule has 0 heterocycles. The normalized spacial score (nSPS) is 38.8. The molecule has 0 radical (unpaired) electrons. The molecule has 0 aromatic carbocycles. The van der Waals surface area contributed by atoms with E-state index in [0.29, 0.717) is 16.5 Å². The molecule has 0 aromatic heterocycles. The van der Waals surface area contributed by atoms with Gasteiger partial charge in [0.1, 0.15) is 0 Å². The molecule has 4 atom stereocenters. The largest absolute Gasteiger partial charge is 0.316 e. The Kier molecular flexibility index (Phi) is 4.42. The lowest BCUT2D eigenvalue weighted by Gasteiger charge is -2.35. The predicted octanol–water partition coefficient (Wildman–Crippen LogP) is 2.45. The lowest BCUT2D eigenvalue weighted by molar-refractivity contribution is 0.324. The summed E-state index contributed by atoms with van der Waals surface area (Å²) < 4.78 is 12.6. The van der Waals surface area contributed by atoms with Crippen molar-refractivity contribution in [3.8, 4) is 0 Å². The molecule has 0 bridgehead atoms. The van der Waals surface area contributed by atoms with Gasteiger partial charge in [-0.2, -0.15) is 0 Å². The van der Waals surface area contributed by atoms with E-state index in [9.17, 15) is 4.21 Å². The summed E-state index contributed by atoms with van der Waals surface area (Å²) in [7, 11) is 1.43. The Hall–Kier alpha value is 0.110. The molecular weight excluding hydrogens is 218 g/mol. The first-order valence-electron chi connectivity index (χ1n) is 6.79. The molecule has 3 heteroatoms. The molecule has 2 fully saturated rings. The lowest BCUT2D eigenvalue weighted by Crippen LogP contribution is -2.46. The maximum atomic E-state index is 12.6. The predicted molar refractivity (Wildman–Crippen MR) is 70.0 cm³/mol. The molecule has 1 N–H and O–H groups in total. The van der Waals surface area contributed by atoms with Crippen molar-refractivity contribution in [2.75, 3.05) is 7.05 Å². The molecule has 0 aliphatic heterocycles.